The third kappa shape index (κ3) is 4.78. The first-order chi connectivity index (χ1) is 10.9. The molecule has 0 atom stereocenters. The van der Waals surface area contributed by atoms with Crippen LogP contribution in [-0.4, -0.2) is 24.2 Å². The average molecular weight is 316 g/mol. The fraction of sp³-hybridized carbons (Fsp3) is 0. The molecule has 0 aromatic heterocycles. The quantitative estimate of drug-likeness (QED) is 0.327. The van der Waals surface area contributed by atoms with Crippen LogP contribution in [0.3, 0.4) is 0 Å². The summed E-state index contributed by atoms with van der Waals surface area (Å²) in [7, 11) is 0. The summed E-state index contributed by atoms with van der Waals surface area (Å²) in [5.41, 5.74) is 0.0159. The van der Waals surface area contributed by atoms with Crippen molar-refractivity contribution in [3.05, 3.63) is 55.7 Å². The minimum atomic E-state index is -0.893. The maximum absolute atomic E-state index is 11.4. The van der Waals surface area contributed by atoms with Gasteiger partial charge in [0.2, 0.25) is 5.75 Å². The van der Waals surface area contributed by atoms with Gasteiger partial charge in [0.25, 0.3) is 0 Å². The molecule has 0 bridgehead atoms. The van der Waals surface area contributed by atoms with Crippen molar-refractivity contribution in [3.8, 4) is 17.2 Å². The Hall–Kier alpha value is -3.48. The fourth-order valence-corrected chi connectivity index (χ4v) is 1.36. The number of hydrogen-bond acceptors (Lipinski definition) is 7. The molecule has 0 spiro atoms. The highest BCUT2D eigenvalue weighted by atomic mass is 16.6. The van der Waals surface area contributed by atoms with Gasteiger partial charge in [0.05, 0.1) is 0 Å². The number of ether oxygens (including phenoxy) is 3. The largest absolute Gasteiger partial charge is 0.419 e. The van der Waals surface area contributed by atoms with Gasteiger partial charge in [-0.25, -0.2) is 14.4 Å². The number of esters is 3. The Morgan fingerprint density at radius 1 is 0.783 bits per heavy atom. The zero-order chi connectivity index (χ0) is 17.4. The monoisotopic (exact) mass is 316 g/mol. The van der Waals surface area contributed by atoms with Crippen molar-refractivity contribution in [3.63, 3.8) is 0 Å². The van der Waals surface area contributed by atoms with E-state index < -0.39 is 17.9 Å². The minimum absolute atomic E-state index is 0.0159. The number of rotatable bonds is 7. The first-order valence-electron chi connectivity index (χ1n) is 6.11. The van der Waals surface area contributed by atoms with Gasteiger partial charge in [0, 0.05) is 23.8 Å². The molecule has 0 saturated heterocycles. The second-order valence-corrected chi connectivity index (χ2v) is 3.84. The number of benzene rings is 1. The van der Waals surface area contributed by atoms with Gasteiger partial charge < -0.3 is 14.2 Å². The maximum Gasteiger partial charge on any atom is 0.335 e. The lowest BCUT2D eigenvalue weighted by molar-refractivity contribution is -0.132. The highest BCUT2D eigenvalue weighted by Crippen LogP contribution is 2.39. The van der Waals surface area contributed by atoms with E-state index >= 15 is 0 Å². The van der Waals surface area contributed by atoms with Gasteiger partial charge in [0.1, 0.15) is 6.29 Å². The summed E-state index contributed by atoms with van der Waals surface area (Å²) < 4.78 is 14.7. The van der Waals surface area contributed by atoms with E-state index in [2.05, 4.69) is 19.7 Å². The minimum Gasteiger partial charge on any atom is -0.419 e. The van der Waals surface area contributed by atoms with Crippen molar-refractivity contribution in [1.82, 2.24) is 0 Å². The number of aldehydes is 1. The number of hydrogen-bond donors (Lipinski definition) is 0. The zero-order valence-corrected chi connectivity index (χ0v) is 11.9. The third-order valence-electron chi connectivity index (χ3n) is 2.30. The van der Waals surface area contributed by atoms with Gasteiger partial charge in [-0.15, -0.1) is 0 Å². The molecule has 0 fully saturated rings. The third-order valence-corrected chi connectivity index (χ3v) is 2.30. The van der Waals surface area contributed by atoms with Crippen LogP contribution >= 0.6 is 0 Å². The van der Waals surface area contributed by atoms with Crippen LogP contribution in [0.2, 0.25) is 0 Å². The SMILES string of the molecule is C=CC(=O)Oc1cc(C=O)cc(OC(=O)C=C)c1OC(=O)C=C. The standard InChI is InChI=1S/C16H12O7/c1-4-13(18)21-11-7-10(9-17)8-12(22-14(19)5-2)16(11)23-15(20)6-3/h4-9H,1-3H2. The molecule has 0 radical (unpaired) electrons. The van der Waals surface area contributed by atoms with Crippen molar-refractivity contribution in [1.29, 1.82) is 0 Å². The predicted octanol–water partition coefficient (Wildman–Crippen LogP) is 1.77. The molecule has 1 aromatic carbocycles. The van der Waals surface area contributed by atoms with Crippen LogP contribution < -0.4 is 14.2 Å². The molecule has 0 amide bonds. The summed E-state index contributed by atoms with van der Waals surface area (Å²) in [6.07, 6.45) is 3.01. The zero-order valence-electron chi connectivity index (χ0n) is 11.9. The van der Waals surface area contributed by atoms with Crippen LogP contribution in [0.15, 0.2) is 50.1 Å². The Kier molecular flexibility index (Phi) is 6.17. The molecule has 7 heteroatoms. The molecular weight excluding hydrogens is 304 g/mol. The summed E-state index contributed by atoms with van der Waals surface area (Å²) >= 11 is 0. The Balaban J connectivity index is 3.48. The second kappa shape index (κ2) is 8.08. The second-order valence-electron chi connectivity index (χ2n) is 3.84. The van der Waals surface area contributed by atoms with Crippen LogP contribution in [0, 0.1) is 0 Å². The van der Waals surface area contributed by atoms with E-state index in [4.69, 9.17) is 14.2 Å². The van der Waals surface area contributed by atoms with Gasteiger partial charge in [0.15, 0.2) is 11.5 Å². The molecule has 1 rings (SSSR count). The maximum atomic E-state index is 11.4. The smallest absolute Gasteiger partial charge is 0.335 e. The highest BCUT2D eigenvalue weighted by Gasteiger charge is 2.20. The topological polar surface area (TPSA) is 96.0 Å². The van der Waals surface area contributed by atoms with E-state index in [0.717, 1.165) is 30.4 Å². The molecule has 0 unspecified atom stereocenters. The fourth-order valence-electron chi connectivity index (χ4n) is 1.36. The molecule has 0 heterocycles. The van der Waals surface area contributed by atoms with Crippen LogP contribution in [0.25, 0.3) is 0 Å². The van der Waals surface area contributed by atoms with Crippen molar-refractivity contribution >= 4 is 24.2 Å². The van der Waals surface area contributed by atoms with Crippen molar-refractivity contribution in [2.24, 2.45) is 0 Å². The van der Waals surface area contributed by atoms with Crippen molar-refractivity contribution in [2.45, 2.75) is 0 Å². The summed E-state index contributed by atoms with van der Waals surface area (Å²) in [6, 6.07) is 2.26. The lowest BCUT2D eigenvalue weighted by Crippen LogP contribution is -2.12. The summed E-state index contributed by atoms with van der Waals surface area (Å²) in [6.45, 7) is 9.67. The molecule has 0 saturated carbocycles. The summed E-state index contributed by atoms with van der Waals surface area (Å²) in [5.74, 6) is -3.61. The van der Waals surface area contributed by atoms with E-state index in [1.54, 1.807) is 0 Å². The molecule has 0 aliphatic heterocycles. The van der Waals surface area contributed by atoms with Gasteiger partial charge >= 0.3 is 17.9 Å². The van der Waals surface area contributed by atoms with Crippen LogP contribution in [0.1, 0.15) is 10.4 Å². The van der Waals surface area contributed by atoms with Gasteiger partial charge in [-0.05, 0) is 12.1 Å². The Bertz CT molecular complexity index is 657. The Morgan fingerprint density at radius 2 is 1.17 bits per heavy atom. The summed E-state index contributed by atoms with van der Waals surface area (Å²) in [4.78, 5) is 45.1. The predicted molar refractivity (Wildman–Crippen MR) is 79.3 cm³/mol. The molecule has 23 heavy (non-hydrogen) atoms. The van der Waals surface area contributed by atoms with E-state index in [1.807, 2.05) is 0 Å². The van der Waals surface area contributed by atoms with Gasteiger partial charge in [-0.1, -0.05) is 19.7 Å². The van der Waals surface area contributed by atoms with Crippen LogP contribution in [0.5, 0.6) is 17.2 Å². The lowest BCUT2D eigenvalue weighted by Gasteiger charge is -2.13. The van der Waals surface area contributed by atoms with Crippen molar-refractivity contribution in [2.75, 3.05) is 0 Å². The molecule has 0 N–H and O–H groups in total. The number of carbonyl (C=O) groups is 4. The lowest BCUT2D eigenvalue weighted by atomic mass is 10.2. The first-order valence-corrected chi connectivity index (χ1v) is 6.11. The normalized spacial score (nSPS) is 9.22. The van der Waals surface area contributed by atoms with Crippen LogP contribution in [0.4, 0.5) is 0 Å². The van der Waals surface area contributed by atoms with Gasteiger partial charge in [-0.3, -0.25) is 4.79 Å². The molecular formula is C16H12O7. The molecule has 0 aliphatic rings. The first kappa shape index (κ1) is 17.6. The Labute approximate surface area is 131 Å². The molecule has 0 aliphatic carbocycles. The molecule has 7 nitrogen and oxygen atoms in total. The van der Waals surface area contributed by atoms with E-state index in [-0.39, 0.29) is 22.8 Å². The van der Waals surface area contributed by atoms with Crippen LogP contribution in [-0.2, 0) is 14.4 Å². The molecule has 1 aromatic rings. The van der Waals surface area contributed by atoms with E-state index in [9.17, 15) is 19.2 Å². The van der Waals surface area contributed by atoms with Crippen molar-refractivity contribution < 1.29 is 33.4 Å². The van der Waals surface area contributed by atoms with Gasteiger partial charge in [-0.2, -0.15) is 0 Å². The Morgan fingerprint density at radius 3 is 1.52 bits per heavy atom. The molecule has 118 valence electrons. The summed E-state index contributed by atoms with van der Waals surface area (Å²) in [5, 5.41) is 0. The number of carbonyl (C=O) groups excluding carboxylic acids is 4. The van der Waals surface area contributed by atoms with E-state index in [0.29, 0.717) is 6.29 Å². The van der Waals surface area contributed by atoms with E-state index in [1.165, 1.54) is 0 Å². The average Bonchev–Trinajstić information content (AvgIpc) is 2.56. The highest BCUT2D eigenvalue weighted by molar-refractivity contribution is 5.90.